The second kappa shape index (κ2) is 6.83. The van der Waals surface area contributed by atoms with Crippen molar-refractivity contribution in [2.45, 2.75) is 25.0 Å². The van der Waals surface area contributed by atoms with Gasteiger partial charge in [0.2, 0.25) is 0 Å². The second-order valence-electron chi connectivity index (χ2n) is 5.18. The number of carboxylic acids is 1. The summed E-state index contributed by atoms with van der Waals surface area (Å²) in [5.41, 5.74) is 1.74. The van der Waals surface area contributed by atoms with Crippen LogP contribution in [-0.4, -0.2) is 43.5 Å². The molecule has 5 nitrogen and oxygen atoms in total. The van der Waals surface area contributed by atoms with Crippen LogP contribution in [0.25, 0.3) is 0 Å². The third kappa shape index (κ3) is 4.03. The fourth-order valence-corrected chi connectivity index (χ4v) is 2.35. The first-order valence-corrected chi connectivity index (χ1v) is 6.77. The minimum atomic E-state index is -0.806. The molecule has 2 rings (SSSR count). The van der Waals surface area contributed by atoms with Gasteiger partial charge < -0.3 is 19.9 Å². The summed E-state index contributed by atoms with van der Waals surface area (Å²) < 4.78 is 10.9. The smallest absolute Gasteiger partial charge is 0.307 e. The monoisotopic (exact) mass is 279 g/mol. The first-order valence-electron chi connectivity index (χ1n) is 6.77. The van der Waals surface area contributed by atoms with Crippen LogP contribution in [0.3, 0.4) is 0 Å². The maximum Gasteiger partial charge on any atom is 0.307 e. The van der Waals surface area contributed by atoms with Gasteiger partial charge in [0.1, 0.15) is 5.60 Å². The van der Waals surface area contributed by atoms with Gasteiger partial charge in [0.15, 0.2) is 0 Å². The van der Waals surface area contributed by atoms with Gasteiger partial charge in [0.05, 0.1) is 13.0 Å². The average molecular weight is 279 g/mol. The molecule has 1 unspecified atom stereocenters. The van der Waals surface area contributed by atoms with Crippen molar-refractivity contribution < 1.29 is 19.4 Å². The maximum absolute atomic E-state index is 10.6. The summed E-state index contributed by atoms with van der Waals surface area (Å²) in [6, 6.07) is 7.62. The molecule has 1 atom stereocenters. The Kier molecular flexibility index (Phi) is 5.11. The van der Waals surface area contributed by atoms with Crippen molar-refractivity contribution in [3.63, 3.8) is 0 Å². The first-order chi connectivity index (χ1) is 9.63. The molecule has 2 N–H and O–H groups in total. The van der Waals surface area contributed by atoms with E-state index in [1.165, 1.54) is 0 Å². The van der Waals surface area contributed by atoms with Gasteiger partial charge in [-0.1, -0.05) is 24.3 Å². The highest BCUT2D eigenvalue weighted by Gasteiger charge is 2.34. The van der Waals surface area contributed by atoms with E-state index in [4.69, 9.17) is 14.6 Å². The van der Waals surface area contributed by atoms with Crippen LogP contribution in [0.2, 0.25) is 0 Å². The molecule has 0 spiro atoms. The molecule has 0 aliphatic carbocycles. The number of hydrogen-bond donors (Lipinski definition) is 2. The van der Waals surface area contributed by atoms with Crippen molar-refractivity contribution in [1.29, 1.82) is 0 Å². The lowest BCUT2D eigenvalue weighted by molar-refractivity contribution is -0.136. The van der Waals surface area contributed by atoms with E-state index in [0.29, 0.717) is 6.61 Å². The summed E-state index contributed by atoms with van der Waals surface area (Å²) in [6.07, 6.45) is 0.978. The quantitative estimate of drug-likeness (QED) is 0.785. The van der Waals surface area contributed by atoms with E-state index >= 15 is 0 Å². The molecule has 5 heteroatoms. The van der Waals surface area contributed by atoms with E-state index in [0.717, 1.165) is 37.2 Å². The molecule has 1 aliphatic rings. The number of aliphatic carboxylic acids is 1. The minimum absolute atomic E-state index is 0.0673. The molecule has 0 bridgehead atoms. The number of hydrogen-bond acceptors (Lipinski definition) is 4. The summed E-state index contributed by atoms with van der Waals surface area (Å²) in [4.78, 5) is 10.6. The molecule has 0 amide bonds. The van der Waals surface area contributed by atoms with Gasteiger partial charge in [-0.05, 0) is 11.1 Å². The van der Waals surface area contributed by atoms with Crippen LogP contribution in [0.5, 0.6) is 0 Å². The molecule has 0 saturated carbocycles. The van der Waals surface area contributed by atoms with Crippen LogP contribution < -0.4 is 5.32 Å². The molecule has 1 aromatic rings. The SMILES string of the molecule is COC1(CNCc2ccc(CC(=O)O)cc2)CCOC1. The fraction of sp³-hybridized carbons (Fsp3) is 0.533. The van der Waals surface area contributed by atoms with Gasteiger partial charge in [-0.25, -0.2) is 0 Å². The van der Waals surface area contributed by atoms with Crippen molar-refractivity contribution in [3.05, 3.63) is 35.4 Å². The molecule has 0 radical (unpaired) electrons. The number of carbonyl (C=O) groups is 1. The number of nitrogens with one attached hydrogen (secondary N) is 1. The van der Waals surface area contributed by atoms with Crippen molar-refractivity contribution in [2.75, 3.05) is 26.9 Å². The summed E-state index contributed by atoms with van der Waals surface area (Å²) in [6.45, 7) is 2.87. The van der Waals surface area contributed by atoms with Crippen LogP contribution in [0, 0.1) is 0 Å². The molecule has 1 heterocycles. The molecule has 1 aromatic carbocycles. The van der Waals surface area contributed by atoms with Gasteiger partial charge in [-0.3, -0.25) is 4.79 Å². The van der Waals surface area contributed by atoms with Crippen molar-refractivity contribution in [1.82, 2.24) is 5.32 Å². The van der Waals surface area contributed by atoms with Gasteiger partial charge in [0.25, 0.3) is 0 Å². The predicted molar refractivity (Wildman–Crippen MR) is 74.7 cm³/mol. The van der Waals surface area contributed by atoms with E-state index in [2.05, 4.69) is 5.32 Å². The molecule has 1 saturated heterocycles. The van der Waals surface area contributed by atoms with Crippen molar-refractivity contribution in [3.8, 4) is 0 Å². The van der Waals surface area contributed by atoms with Crippen molar-refractivity contribution >= 4 is 5.97 Å². The normalized spacial score (nSPS) is 22.1. The average Bonchev–Trinajstić information content (AvgIpc) is 2.90. The Morgan fingerprint density at radius 2 is 2.10 bits per heavy atom. The Morgan fingerprint density at radius 3 is 2.65 bits per heavy atom. The molecule has 110 valence electrons. The highest BCUT2D eigenvalue weighted by Crippen LogP contribution is 2.21. The van der Waals surface area contributed by atoms with Crippen LogP contribution in [0.1, 0.15) is 17.5 Å². The van der Waals surface area contributed by atoms with E-state index in [-0.39, 0.29) is 12.0 Å². The van der Waals surface area contributed by atoms with E-state index < -0.39 is 5.97 Å². The zero-order valence-corrected chi connectivity index (χ0v) is 11.7. The van der Waals surface area contributed by atoms with Crippen LogP contribution in [0.15, 0.2) is 24.3 Å². The van der Waals surface area contributed by atoms with Gasteiger partial charge in [-0.15, -0.1) is 0 Å². The lowest BCUT2D eigenvalue weighted by atomic mass is 10.0. The van der Waals surface area contributed by atoms with Crippen LogP contribution in [0.4, 0.5) is 0 Å². The third-order valence-electron chi connectivity index (χ3n) is 3.65. The zero-order chi connectivity index (χ0) is 14.4. The summed E-state index contributed by atoms with van der Waals surface area (Å²) in [7, 11) is 1.72. The Hall–Kier alpha value is -1.43. The maximum atomic E-state index is 10.6. The largest absolute Gasteiger partial charge is 0.481 e. The van der Waals surface area contributed by atoms with Crippen LogP contribution in [-0.2, 0) is 27.2 Å². The molecule has 0 aromatic heterocycles. The molecular formula is C15H21NO4. The van der Waals surface area contributed by atoms with Gasteiger partial charge in [0, 0.05) is 33.2 Å². The molecule has 1 fully saturated rings. The number of ether oxygens (including phenoxy) is 2. The lowest BCUT2D eigenvalue weighted by Crippen LogP contribution is -2.42. The van der Waals surface area contributed by atoms with Gasteiger partial charge in [-0.2, -0.15) is 0 Å². The number of methoxy groups -OCH3 is 1. The van der Waals surface area contributed by atoms with Crippen LogP contribution >= 0.6 is 0 Å². The Balaban J connectivity index is 1.80. The van der Waals surface area contributed by atoms with Crippen molar-refractivity contribution in [2.24, 2.45) is 0 Å². The third-order valence-corrected chi connectivity index (χ3v) is 3.65. The Labute approximate surface area is 118 Å². The molecular weight excluding hydrogens is 258 g/mol. The number of carboxylic acid groups (broad SMARTS) is 1. The summed E-state index contributed by atoms with van der Waals surface area (Å²) >= 11 is 0. The Bertz CT molecular complexity index is 438. The topological polar surface area (TPSA) is 67.8 Å². The van der Waals surface area contributed by atoms with E-state index in [1.54, 1.807) is 7.11 Å². The fourth-order valence-electron chi connectivity index (χ4n) is 2.35. The predicted octanol–water partition coefficient (Wildman–Crippen LogP) is 1.21. The van der Waals surface area contributed by atoms with E-state index in [9.17, 15) is 4.79 Å². The zero-order valence-electron chi connectivity index (χ0n) is 11.7. The molecule has 1 aliphatic heterocycles. The highest BCUT2D eigenvalue weighted by atomic mass is 16.5. The number of benzene rings is 1. The standard InChI is InChI=1S/C15H21NO4/c1-19-15(6-7-20-11-15)10-16-9-13-4-2-12(3-5-13)8-14(17)18/h2-5,16H,6-11H2,1H3,(H,17,18). The summed E-state index contributed by atoms with van der Waals surface area (Å²) in [5, 5.41) is 12.1. The first kappa shape index (κ1) is 15.0. The minimum Gasteiger partial charge on any atom is -0.481 e. The van der Waals surface area contributed by atoms with E-state index in [1.807, 2.05) is 24.3 Å². The summed E-state index contributed by atoms with van der Waals surface area (Å²) in [5.74, 6) is -0.806. The van der Waals surface area contributed by atoms with Gasteiger partial charge >= 0.3 is 5.97 Å². The lowest BCUT2D eigenvalue weighted by Gasteiger charge is -2.26. The highest BCUT2D eigenvalue weighted by molar-refractivity contribution is 5.70. The number of rotatable bonds is 7. The Morgan fingerprint density at radius 1 is 1.40 bits per heavy atom. The second-order valence-corrected chi connectivity index (χ2v) is 5.18. The molecule has 20 heavy (non-hydrogen) atoms.